The van der Waals surface area contributed by atoms with E-state index in [-0.39, 0.29) is 36.2 Å². The molecule has 0 unspecified atom stereocenters. The number of ether oxygens (including phenoxy) is 1. The number of nitrogens with one attached hydrogen (secondary N) is 2. The molecule has 0 bridgehead atoms. The Bertz CT molecular complexity index is 1340. The molecule has 11 heteroatoms. The second kappa shape index (κ2) is 14.3. The molecule has 0 aromatic heterocycles. The number of unbranched alkanes of at least 4 members (excludes halogenated alkanes) is 1. The van der Waals surface area contributed by atoms with Gasteiger partial charge in [-0.2, -0.15) is 0 Å². The molecular formula is C32H45ClN4O5S. The number of piperidine rings is 1. The maximum Gasteiger partial charge on any atom is 0.246 e. The largest absolute Gasteiger partial charge is 0.457 e. The Morgan fingerprint density at radius 3 is 2.14 bits per heavy atom. The van der Waals surface area contributed by atoms with Gasteiger partial charge in [0, 0.05) is 31.9 Å². The summed E-state index contributed by atoms with van der Waals surface area (Å²) in [5, 5.41) is 3.21. The summed E-state index contributed by atoms with van der Waals surface area (Å²) < 4.78 is 31.2. The van der Waals surface area contributed by atoms with Gasteiger partial charge in [-0.25, -0.2) is 8.42 Å². The van der Waals surface area contributed by atoms with Gasteiger partial charge in [0.15, 0.2) is 0 Å². The number of halogens is 1. The number of rotatable bonds is 10. The first-order valence-electron chi connectivity index (χ1n) is 15.4. The molecule has 3 fully saturated rings. The van der Waals surface area contributed by atoms with Crippen molar-refractivity contribution in [1.82, 2.24) is 15.1 Å². The van der Waals surface area contributed by atoms with E-state index in [2.05, 4.69) is 21.9 Å². The fraction of sp³-hybridized carbons (Fsp3) is 0.562. The lowest BCUT2D eigenvalue weighted by atomic mass is 9.77. The highest BCUT2D eigenvalue weighted by atomic mass is 35.5. The maximum atomic E-state index is 13.8. The van der Waals surface area contributed by atoms with E-state index < -0.39 is 15.6 Å². The molecule has 2 saturated heterocycles. The number of sulfonamides is 1. The highest BCUT2D eigenvalue weighted by Gasteiger charge is 2.54. The topological polar surface area (TPSA) is 108 Å². The first-order chi connectivity index (χ1) is 20.2. The van der Waals surface area contributed by atoms with Crippen LogP contribution in [0, 0.1) is 5.92 Å². The number of benzene rings is 2. The van der Waals surface area contributed by atoms with E-state index in [4.69, 9.17) is 4.74 Å². The van der Waals surface area contributed by atoms with Crippen molar-refractivity contribution in [3.05, 3.63) is 54.1 Å². The van der Waals surface area contributed by atoms with Crippen LogP contribution in [0.1, 0.15) is 70.3 Å². The van der Waals surface area contributed by atoms with Crippen LogP contribution in [0.15, 0.2) is 48.5 Å². The minimum Gasteiger partial charge on any atom is -0.457 e. The zero-order chi connectivity index (χ0) is 29.7. The summed E-state index contributed by atoms with van der Waals surface area (Å²) in [6.07, 6.45) is 9.88. The van der Waals surface area contributed by atoms with E-state index in [1.165, 1.54) is 6.42 Å². The third kappa shape index (κ3) is 8.02. The average Bonchev–Trinajstić information content (AvgIpc) is 2.98. The summed E-state index contributed by atoms with van der Waals surface area (Å²) >= 11 is 0. The normalized spacial score (nSPS) is 21.3. The Labute approximate surface area is 262 Å². The summed E-state index contributed by atoms with van der Waals surface area (Å²) in [5.74, 6) is 1.76. The Morgan fingerprint density at radius 1 is 0.953 bits per heavy atom. The number of likely N-dealkylation sites (tertiary alicyclic amines) is 1. The lowest BCUT2D eigenvalue weighted by Gasteiger charge is -2.53. The quantitative estimate of drug-likeness (QED) is 0.367. The molecule has 2 aromatic rings. The van der Waals surface area contributed by atoms with Gasteiger partial charge < -0.3 is 15.0 Å². The SMILES string of the molecule is CCCCN1C(=O)[C@H](C2CCCCC2)NC(=O)C12CCN(Cc1ccc(Oc3ccc(NS(C)(=O)=O)cc3)cc1)CC2.Cl. The van der Waals surface area contributed by atoms with E-state index in [0.29, 0.717) is 36.6 Å². The molecule has 2 aliphatic heterocycles. The molecule has 1 atom stereocenters. The first-order valence-corrected chi connectivity index (χ1v) is 17.3. The van der Waals surface area contributed by atoms with Crippen molar-refractivity contribution in [2.75, 3.05) is 30.6 Å². The Morgan fingerprint density at radius 2 is 1.56 bits per heavy atom. The second-order valence-corrected chi connectivity index (χ2v) is 13.9. The number of piperazine rings is 1. The van der Waals surface area contributed by atoms with Crippen LogP contribution in [0.25, 0.3) is 0 Å². The van der Waals surface area contributed by atoms with Crippen LogP contribution in [0.4, 0.5) is 5.69 Å². The molecule has 43 heavy (non-hydrogen) atoms. The van der Waals surface area contributed by atoms with Gasteiger partial charge in [-0.05, 0) is 80.0 Å². The Kier molecular flexibility index (Phi) is 11.0. The van der Waals surface area contributed by atoms with Crippen molar-refractivity contribution in [2.45, 2.75) is 82.8 Å². The van der Waals surface area contributed by atoms with Gasteiger partial charge in [0.2, 0.25) is 21.8 Å². The van der Waals surface area contributed by atoms with Crippen molar-refractivity contribution in [3.63, 3.8) is 0 Å². The van der Waals surface area contributed by atoms with Crippen molar-refractivity contribution >= 4 is 39.9 Å². The molecule has 2 aromatic carbocycles. The smallest absolute Gasteiger partial charge is 0.246 e. The molecule has 2 amide bonds. The van der Waals surface area contributed by atoms with Crippen LogP contribution in [0.3, 0.4) is 0 Å². The molecule has 0 radical (unpaired) electrons. The number of hydrogen-bond donors (Lipinski definition) is 2. The van der Waals surface area contributed by atoms with Gasteiger partial charge in [-0.1, -0.05) is 44.7 Å². The molecule has 1 saturated carbocycles. The molecule has 9 nitrogen and oxygen atoms in total. The van der Waals surface area contributed by atoms with Gasteiger partial charge in [0.05, 0.1) is 6.26 Å². The predicted octanol–water partition coefficient (Wildman–Crippen LogP) is 5.31. The Balaban J connectivity index is 0.00000423. The molecule has 3 aliphatic rings. The zero-order valence-corrected chi connectivity index (χ0v) is 26.9. The van der Waals surface area contributed by atoms with Crippen LogP contribution in [-0.2, 0) is 26.2 Å². The van der Waals surface area contributed by atoms with Crippen molar-refractivity contribution < 1.29 is 22.7 Å². The molecule has 236 valence electrons. The molecule has 5 rings (SSSR count). The Hall–Kier alpha value is -2.82. The fourth-order valence-electron chi connectivity index (χ4n) is 6.71. The monoisotopic (exact) mass is 632 g/mol. The number of carbonyl (C=O) groups is 2. The molecule has 1 aliphatic carbocycles. The number of amides is 2. The molecule has 2 N–H and O–H groups in total. The van der Waals surface area contributed by atoms with Crippen LogP contribution in [-0.4, -0.2) is 67.5 Å². The zero-order valence-electron chi connectivity index (χ0n) is 25.2. The van der Waals surface area contributed by atoms with E-state index in [1.807, 2.05) is 29.2 Å². The van der Waals surface area contributed by atoms with Crippen LogP contribution >= 0.6 is 12.4 Å². The van der Waals surface area contributed by atoms with Crippen molar-refractivity contribution in [3.8, 4) is 11.5 Å². The molecule has 1 spiro atoms. The number of nitrogens with zero attached hydrogens (tertiary/aromatic N) is 2. The van der Waals surface area contributed by atoms with E-state index in [0.717, 1.165) is 70.0 Å². The summed E-state index contributed by atoms with van der Waals surface area (Å²) in [6.45, 7) is 5.06. The summed E-state index contributed by atoms with van der Waals surface area (Å²) in [6, 6.07) is 14.3. The minimum atomic E-state index is -3.32. The summed E-state index contributed by atoms with van der Waals surface area (Å²) in [5.41, 5.74) is 0.893. The maximum absolute atomic E-state index is 13.8. The number of anilines is 1. The van der Waals surface area contributed by atoms with Gasteiger partial charge in [-0.3, -0.25) is 19.2 Å². The lowest BCUT2D eigenvalue weighted by molar-refractivity contribution is -0.163. The lowest BCUT2D eigenvalue weighted by Crippen LogP contribution is -2.74. The highest BCUT2D eigenvalue weighted by Crippen LogP contribution is 2.37. The van der Waals surface area contributed by atoms with Crippen molar-refractivity contribution in [1.29, 1.82) is 0 Å². The van der Waals surface area contributed by atoms with E-state index in [1.54, 1.807) is 24.3 Å². The third-order valence-electron chi connectivity index (χ3n) is 9.02. The van der Waals surface area contributed by atoms with Gasteiger partial charge in [0.1, 0.15) is 23.1 Å². The third-order valence-corrected chi connectivity index (χ3v) is 9.63. The highest BCUT2D eigenvalue weighted by molar-refractivity contribution is 7.92. The average molecular weight is 633 g/mol. The first kappa shape index (κ1) is 33.1. The number of carbonyl (C=O) groups excluding carboxylic acids is 2. The van der Waals surface area contributed by atoms with Crippen LogP contribution < -0.4 is 14.8 Å². The summed E-state index contributed by atoms with van der Waals surface area (Å²) in [7, 11) is -3.32. The van der Waals surface area contributed by atoms with Gasteiger partial charge in [0.25, 0.3) is 0 Å². The summed E-state index contributed by atoms with van der Waals surface area (Å²) in [4.78, 5) is 31.9. The molecule has 2 heterocycles. The standard InChI is InChI=1S/C32H44N4O5S.ClH/c1-3-4-20-36-30(37)29(25-8-6-5-7-9-25)33-31(38)32(36)18-21-35(22-19-32)23-24-10-14-27(15-11-24)41-28-16-12-26(13-17-28)34-42(2,39)40;/h10-17,25,29,34H,3-9,18-23H2,1-2H3,(H,33,38);1H/t29-;/m0./s1. The minimum absolute atomic E-state index is 0. The number of hydrogen-bond acceptors (Lipinski definition) is 6. The van der Waals surface area contributed by atoms with Crippen molar-refractivity contribution in [2.24, 2.45) is 5.92 Å². The second-order valence-electron chi connectivity index (χ2n) is 12.1. The van der Waals surface area contributed by atoms with E-state index in [9.17, 15) is 18.0 Å². The van der Waals surface area contributed by atoms with Gasteiger partial charge >= 0.3 is 0 Å². The van der Waals surface area contributed by atoms with Crippen LogP contribution in [0.5, 0.6) is 11.5 Å². The van der Waals surface area contributed by atoms with Gasteiger partial charge in [-0.15, -0.1) is 12.4 Å². The fourth-order valence-corrected chi connectivity index (χ4v) is 7.27. The van der Waals surface area contributed by atoms with Crippen LogP contribution in [0.2, 0.25) is 0 Å². The van der Waals surface area contributed by atoms with E-state index >= 15 is 0 Å². The predicted molar refractivity (Wildman–Crippen MR) is 171 cm³/mol. The molecular weight excluding hydrogens is 588 g/mol.